The van der Waals surface area contributed by atoms with E-state index in [1.165, 1.54) is 11.1 Å². The van der Waals surface area contributed by atoms with E-state index in [2.05, 4.69) is 48.3 Å². The van der Waals surface area contributed by atoms with Gasteiger partial charge in [-0.25, -0.2) is 4.98 Å². The first kappa shape index (κ1) is 17.1. The molecule has 0 spiro atoms. The van der Waals surface area contributed by atoms with E-state index in [9.17, 15) is 0 Å². The van der Waals surface area contributed by atoms with Crippen molar-refractivity contribution in [2.24, 2.45) is 0 Å². The van der Waals surface area contributed by atoms with Crippen LogP contribution in [0, 0.1) is 6.92 Å². The third kappa shape index (κ3) is 3.10. The highest BCUT2D eigenvalue weighted by atomic mass is 35.5. The number of imidazole rings is 1. The van der Waals surface area contributed by atoms with Crippen LogP contribution in [0.25, 0.3) is 22.6 Å². The fraction of sp³-hybridized carbons (Fsp3) is 0.238. The van der Waals surface area contributed by atoms with E-state index in [0.717, 1.165) is 52.7 Å². The summed E-state index contributed by atoms with van der Waals surface area (Å²) in [5.41, 5.74) is 7.21. The molecule has 1 atom stereocenters. The molecule has 140 valence electrons. The molecule has 1 N–H and O–H groups in total. The number of hydrogen-bond donors (Lipinski definition) is 1. The molecule has 28 heavy (non-hydrogen) atoms. The van der Waals surface area contributed by atoms with E-state index < -0.39 is 0 Å². The zero-order chi connectivity index (χ0) is 19.1. The van der Waals surface area contributed by atoms with Gasteiger partial charge < -0.3 is 4.57 Å². The number of aromatic nitrogens is 6. The van der Waals surface area contributed by atoms with E-state index in [1.54, 1.807) is 6.20 Å². The van der Waals surface area contributed by atoms with Crippen molar-refractivity contribution in [2.75, 3.05) is 0 Å². The molecule has 3 heterocycles. The summed E-state index contributed by atoms with van der Waals surface area (Å²) in [6.45, 7) is 2.86. The predicted octanol–water partition coefficient (Wildman–Crippen LogP) is 4.42. The Morgan fingerprint density at radius 1 is 1.18 bits per heavy atom. The van der Waals surface area contributed by atoms with Crippen molar-refractivity contribution in [2.45, 2.75) is 32.2 Å². The summed E-state index contributed by atoms with van der Waals surface area (Å²) in [7, 11) is 0. The minimum Gasteiger partial charge on any atom is -0.336 e. The molecule has 0 bridgehead atoms. The molecular formula is C21H19ClN6. The Morgan fingerprint density at radius 2 is 2.11 bits per heavy atom. The molecule has 7 heteroatoms. The van der Waals surface area contributed by atoms with Crippen molar-refractivity contribution in [3.05, 3.63) is 70.9 Å². The maximum atomic E-state index is 6.13. The van der Waals surface area contributed by atoms with Crippen LogP contribution in [0.4, 0.5) is 0 Å². The van der Waals surface area contributed by atoms with Gasteiger partial charge in [0.15, 0.2) is 0 Å². The molecule has 0 amide bonds. The zero-order valence-electron chi connectivity index (χ0n) is 15.4. The normalized spacial score (nSPS) is 15.7. The second-order valence-corrected chi connectivity index (χ2v) is 7.69. The molecule has 0 saturated heterocycles. The molecular weight excluding hydrogens is 372 g/mol. The van der Waals surface area contributed by atoms with Crippen LogP contribution in [-0.2, 0) is 13.0 Å². The lowest BCUT2D eigenvalue weighted by molar-refractivity contribution is 0.555. The quantitative estimate of drug-likeness (QED) is 0.559. The average Bonchev–Trinajstić information content (AvgIpc) is 3.43. The molecule has 0 fully saturated rings. The number of halogens is 1. The first-order chi connectivity index (χ1) is 13.7. The van der Waals surface area contributed by atoms with Crippen molar-refractivity contribution in [1.82, 2.24) is 29.9 Å². The van der Waals surface area contributed by atoms with E-state index >= 15 is 0 Å². The summed E-state index contributed by atoms with van der Waals surface area (Å²) < 4.78 is 2.15. The van der Waals surface area contributed by atoms with Crippen LogP contribution in [0.2, 0.25) is 5.02 Å². The van der Waals surface area contributed by atoms with Crippen molar-refractivity contribution >= 4 is 11.6 Å². The van der Waals surface area contributed by atoms with Gasteiger partial charge in [0.25, 0.3) is 0 Å². The first-order valence-electron chi connectivity index (χ1n) is 9.32. The van der Waals surface area contributed by atoms with Gasteiger partial charge in [0.2, 0.25) is 0 Å². The van der Waals surface area contributed by atoms with Gasteiger partial charge in [-0.1, -0.05) is 22.9 Å². The van der Waals surface area contributed by atoms with Crippen LogP contribution in [0.15, 0.2) is 49.1 Å². The molecule has 0 unspecified atom stereocenters. The van der Waals surface area contributed by atoms with Crippen LogP contribution < -0.4 is 0 Å². The number of nitrogens with zero attached hydrogens (tertiary/aromatic N) is 5. The van der Waals surface area contributed by atoms with E-state index in [0.29, 0.717) is 5.92 Å². The first-order valence-corrected chi connectivity index (χ1v) is 9.70. The Bertz CT molecular complexity index is 1150. The average molecular weight is 391 g/mol. The summed E-state index contributed by atoms with van der Waals surface area (Å²) in [4.78, 5) is 9.07. The summed E-state index contributed by atoms with van der Waals surface area (Å²) in [6.07, 6.45) is 7.97. The summed E-state index contributed by atoms with van der Waals surface area (Å²) in [6, 6.07) is 10.2. The number of rotatable bonds is 4. The molecule has 1 aliphatic carbocycles. The van der Waals surface area contributed by atoms with Crippen molar-refractivity contribution in [3.63, 3.8) is 0 Å². The van der Waals surface area contributed by atoms with Crippen molar-refractivity contribution in [3.8, 4) is 22.6 Å². The zero-order valence-corrected chi connectivity index (χ0v) is 16.2. The molecule has 4 aromatic rings. The van der Waals surface area contributed by atoms with Gasteiger partial charge in [0, 0.05) is 35.4 Å². The predicted molar refractivity (Wildman–Crippen MR) is 108 cm³/mol. The van der Waals surface area contributed by atoms with Gasteiger partial charge in [-0.15, -0.1) is 5.10 Å². The number of hydrogen-bond acceptors (Lipinski definition) is 4. The molecule has 0 aliphatic heterocycles. The minimum atomic E-state index is 0.492. The van der Waals surface area contributed by atoms with Crippen LogP contribution >= 0.6 is 11.6 Å². The fourth-order valence-electron chi connectivity index (χ4n) is 3.98. The lowest BCUT2D eigenvalue weighted by Gasteiger charge is -2.12. The second kappa shape index (κ2) is 6.87. The molecule has 1 aliphatic rings. The Labute approximate surface area is 167 Å². The molecule has 1 aromatic carbocycles. The smallest absolute Gasteiger partial charge is 0.115 e. The summed E-state index contributed by atoms with van der Waals surface area (Å²) in [5.74, 6) is 0.492. The van der Waals surface area contributed by atoms with Gasteiger partial charge in [-0.3, -0.25) is 10.1 Å². The maximum absolute atomic E-state index is 6.13. The third-order valence-electron chi connectivity index (χ3n) is 5.39. The van der Waals surface area contributed by atoms with Crippen molar-refractivity contribution < 1.29 is 0 Å². The van der Waals surface area contributed by atoms with E-state index in [4.69, 9.17) is 11.6 Å². The standard InChI is InChI=1S/C21H19ClN6/c1-13-21(26-27-25-13)15-6-7-23-19(9-15)20-11-28(12-24-20)10-16-3-2-14-8-17(22)4-5-18(14)16/h4-9,11-12,16H,2-3,10H2,1H3,(H,25,26,27)/t16-/m1/s1. The largest absolute Gasteiger partial charge is 0.336 e. The lowest BCUT2D eigenvalue weighted by Crippen LogP contribution is -2.04. The van der Waals surface area contributed by atoms with Crippen LogP contribution in [-0.4, -0.2) is 29.9 Å². The van der Waals surface area contributed by atoms with E-state index in [1.807, 2.05) is 31.5 Å². The second-order valence-electron chi connectivity index (χ2n) is 7.25. The summed E-state index contributed by atoms with van der Waals surface area (Å²) >= 11 is 6.13. The topological polar surface area (TPSA) is 72.3 Å². The minimum absolute atomic E-state index is 0.492. The van der Waals surface area contributed by atoms with Crippen LogP contribution in [0.1, 0.15) is 29.2 Å². The van der Waals surface area contributed by atoms with Crippen molar-refractivity contribution in [1.29, 1.82) is 0 Å². The van der Waals surface area contributed by atoms with Gasteiger partial charge in [-0.05, 0) is 55.2 Å². The monoisotopic (exact) mass is 390 g/mol. The highest BCUT2D eigenvalue weighted by molar-refractivity contribution is 6.30. The number of nitrogens with one attached hydrogen (secondary N) is 1. The Hall–Kier alpha value is -2.99. The molecule has 0 saturated carbocycles. The maximum Gasteiger partial charge on any atom is 0.115 e. The van der Waals surface area contributed by atoms with Gasteiger partial charge in [-0.2, -0.15) is 0 Å². The van der Waals surface area contributed by atoms with Gasteiger partial charge in [0.05, 0.1) is 17.7 Å². The molecule has 5 rings (SSSR count). The van der Waals surface area contributed by atoms with Crippen LogP contribution in [0.5, 0.6) is 0 Å². The highest BCUT2D eigenvalue weighted by Crippen LogP contribution is 2.36. The number of fused-ring (bicyclic) bond motifs is 1. The van der Waals surface area contributed by atoms with Crippen LogP contribution in [0.3, 0.4) is 0 Å². The molecule has 0 radical (unpaired) electrons. The number of benzene rings is 1. The highest BCUT2D eigenvalue weighted by Gasteiger charge is 2.23. The summed E-state index contributed by atoms with van der Waals surface area (Å²) in [5, 5.41) is 11.7. The van der Waals surface area contributed by atoms with Gasteiger partial charge >= 0.3 is 0 Å². The Morgan fingerprint density at radius 3 is 2.96 bits per heavy atom. The number of aromatic amines is 1. The fourth-order valence-corrected chi connectivity index (χ4v) is 4.18. The Kier molecular flexibility index (Phi) is 4.20. The number of aryl methyl sites for hydroxylation is 2. The number of H-pyrrole nitrogens is 1. The van der Waals surface area contributed by atoms with E-state index in [-0.39, 0.29) is 0 Å². The van der Waals surface area contributed by atoms with Gasteiger partial charge in [0.1, 0.15) is 11.4 Å². The molecule has 6 nitrogen and oxygen atoms in total. The lowest BCUT2D eigenvalue weighted by atomic mass is 10.0. The number of pyridine rings is 1. The molecule has 3 aromatic heterocycles. The Balaban J connectivity index is 1.39. The SMILES string of the molecule is Cc1[nH]nnc1-c1ccnc(-c2cn(C[C@H]3CCc4cc(Cl)ccc43)cn2)c1. The third-order valence-corrected chi connectivity index (χ3v) is 5.63.